The van der Waals surface area contributed by atoms with Crippen molar-refractivity contribution in [2.45, 2.75) is 57.9 Å². The smallest absolute Gasteiger partial charge is 0.305 e. The maximum Gasteiger partial charge on any atom is 0.305 e. The number of rotatable bonds is 4. The van der Waals surface area contributed by atoms with Gasteiger partial charge in [-0.3, -0.25) is 4.79 Å². The van der Waals surface area contributed by atoms with Gasteiger partial charge in [0.25, 0.3) is 0 Å². The van der Waals surface area contributed by atoms with E-state index >= 15 is 0 Å². The zero-order chi connectivity index (χ0) is 12.2. The predicted octanol–water partition coefficient (Wildman–Crippen LogP) is 2.48. The van der Waals surface area contributed by atoms with Crippen LogP contribution in [0.5, 0.6) is 0 Å². The number of carbonyl (C=O) groups is 1. The van der Waals surface area contributed by atoms with Gasteiger partial charge in [-0.25, -0.2) is 0 Å². The first kappa shape index (κ1) is 13.5. The lowest BCUT2D eigenvalue weighted by molar-refractivity contribution is -0.143. The molecule has 0 spiro atoms. The lowest BCUT2D eigenvalue weighted by Crippen LogP contribution is -2.46. The molecule has 0 bridgehead atoms. The molecule has 0 saturated heterocycles. The molecule has 0 amide bonds. The van der Waals surface area contributed by atoms with Crippen molar-refractivity contribution < 1.29 is 9.53 Å². The van der Waals surface area contributed by atoms with Crippen molar-refractivity contribution in [3.05, 3.63) is 0 Å². The first-order chi connectivity index (χ1) is 7.45. The highest BCUT2D eigenvalue weighted by Crippen LogP contribution is 2.36. The molecule has 3 nitrogen and oxygen atoms in total. The second-order valence-electron chi connectivity index (χ2n) is 5.61. The van der Waals surface area contributed by atoms with Crippen LogP contribution >= 0.6 is 0 Å². The quantitative estimate of drug-likeness (QED) is 0.751. The van der Waals surface area contributed by atoms with E-state index < -0.39 is 0 Å². The van der Waals surface area contributed by atoms with Crippen molar-refractivity contribution in [3.63, 3.8) is 0 Å². The molecule has 1 aliphatic carbocycles. The van der Waals surface area contributed by atoms with Crippen molar-refractivity contribution in [1.29, 1.82) is 0 Å². The van der Waals surface area contributed by atoms with Gasteiger partial charge in [-0.15, -0.1) is 0 Å². The summed E-state index contributed by atoms with van der Waals surface area (Å²) in [4.78, 5) is 11.4. The first-order valence-corrected chi connectivity index (χ1v) is 6.31. The van der Waals surface area contributed by atoms with E-state index in [4.69, 9.17) is 10.5 Å². The van der Waals surface area contributed by atoms with Gasteiger partial charge in [-0.05, 0) is 25.7 Å². The average Bonchev–Trinajstić information content (AvgIpc) is 2.25. The van der Waals surface area contributed by atoms with E-state index in [9.17, 15) is 4.79 Å². The molecule has 1 aliphatic rings. The Kier molecular flexibility index (Phi) is 4.78. The third kappa shape index (κ3) is 3.78. The fraction of sp³-hybridized carbons (Fsp3) is 0.923. The van der Waals surface area contributed by atoms with Gasteiger partial charge in [0.05, 0.1) is 13.5 Å². The van der Waals surface area contributed by atoms with E-state index in [1.54, 1.807) is 0 Å². The fourth-order valence-electron chi connectivity index (χ4n) is 2.84. The average molecular weight is 227 g/mol. The summed E-state index contributed by atoms with van der Waals surface area (Å²) in [5.74, 6) is 0.710. The summed E-state index contributed by atoms with van der Waals surface area (Å²) >= 11 is 0. The van der Waals surface area contributed by atoms with Gasteiger partial charge in [0.1, 0.15) is 0 Å². The standard InChI is InChI=1S/C13H25NO2/c1-13(2,14)11(9-12(15)16-3)10-7-5-4-6-8-10/h10-11H,4-9,14H2,1-3H3. The highest BCUT2D eigenvalue weighted by atomic mass is 16.5. The molecule has 94 valence electrons. The summed E-state index contributed by atoms with van der Waals surface area (Å²) in [5.41, 5.74) is 5.91. The second-order valence-corrected chi connectivity index (χ2v) is 5.61. The van der Waals surface area contributed by atoms with Crippen LogP contribution in [0.3, 0.4) is 0 Å². The molecule has 1 rings (SSSR count). The zero-order valence-electron chi connectivity index (χ0n) is 10.8. The maximum absolute atomic E-state index is 11.4. The third-order valence-corrected chi connectivity index (χ3v) is 3.79. The second kappa shape index (κ2) is 5.67. The van der Waals surface area contributed by atoms with Crippen LogP contribution in [0.4, 0.5) is 0 Å². The summed E-state index contributed by atoms with van der Waals surface area (Å²) in [6.45, 7) is 4.05. The first-order valence-electron chi connectivity index (χ1n) is 6.31. The Morgan fingerprint density at radius 2 is 1.94 bits per heavy atom. The van der Waals surface area contributed by atoms with E-state index in [0.717, 1.165) is 0 Å². The molecule has 1 unspecified atom stereocenters. The fourth-order valence-corrected chi connectivity index (χ4v) is 2.84. The van der Waals surface area contributed by atoms with Gasteiger partial charge in [-0.2, -0.15) is 0 Å². The van der Waals surface area contributed by atoms with Crippen molar-refractivity contribution in [3.8, 4) is 0 Å². The number of hydrogen-bond acceptors (Lipinski definition) is 3. The number of hydrogen-bond donors (Lipinski definition) is 1. The monoisotopic (exact) mass is 227 g/mol. The number of esters is 1. The Morgan fingerprint density at radius 1 is 1.38 bits per heavy atom. The lowest BCUT2D eigenvalue weighted by Gasteiger charge is -2.38. The molecule has 3 heteroatoms. The summed E-state index contributed by atoms with van der Waals surface area (Å²) in [6, 6.07) is 0. The van der Waals surface area contributed by atoms with Gasteiger partial charge in [0.15, 0.2) is 0 Å². The minimum Gasteiger partial charge on any atom is -0.469 e. The van der Waals surface area contributed by atoms with Crippen LogP contribution in [0.15, 0.2) is 0 Å². The number of nitrogens with two attached hydrogens (primary N) is 1. The van der Waals surface area contributed by atoms with Crippen LogP contribution in [0.1, 0.15) is 52.4 Å². The van der Waals surface area contributed by atoms with Crippen LogP contribution in [-0.2, 0) is 9.53 Å². The Hall–Kier alpha value is -0.570. The third-order valence-electron chi connectivity index (χ3n) is 3.79. The SMILES string of the molecule is COC(=O)CC(C1CCCCC1)C(C)(C)N. The molecule has 0 radical (unpaired) electrons. The highest BCUT2D eigenvalue weighted by Gasteiger charge is 2.35. The van der Waals surface area contributed by atoms with Crippen molar-refractivity contribution in [2.75, 3.05) is 7.11 Å². The van der Waals surface area contributed by atoms with Crippen LogP contribution in [-0.4, -0.2) is 18.6 Å². The Labute approximate surface area is 98.7 Å². The van der Waals surface area contributed by atoms with Gasteiger partial charge < -0.3 is 10.5 Å². The summed E-state index contributed by atoms with van der Waals surface area (Å²) in [5, 5.41) is 0. The number of methoxy groups -OCH3 is 1. The molecule has 2 N–H and O–H groups in total. The molecule has 1 saturated carbocycles. The van der Waals surface area contributed by atoms with E-state index in [1.807, 2.05) is 13.8 Å². The lowest BCUT2D eigenvalue weighted by atomic mass is 9.70. The largest absolute Gasteiger partial charge is 0.469 e. The van der Waals surface area contributed by atoms with Crippen LogP contribution in [0.2, 0.25) is 0 Å². The molecular formula is C13H25NO2. The molecule has 0 aromatic rings. The van der Waals surface area contributed by atoms with Crippen LogP contribution in [0, 0.1) is 11.8 Å². The summed E-state index contributed by atoms with van der Waals surface area (Å²) in [6.07, 6.45) is 6.76. The van der Waals surface area contributed by atoms with Crippen molar-refractivity contribution >= 4 is 5.97 Å². The minimum atomic E-state index is -0.295. The zero-order valence-corrected chi connectivity index (χ0v) is 10.8. The van der Waals surface area contributed by atoms with E-state index in [1.165, 1.54) is 39.2 Å². The number of ether oxygens (including phenoxy) is 1. The Bertz CT molecular complexity index is 227. The van der Waals surface area contributed by atoms with Crippen molar-refractivity contribution in [1.82, 2.24) is 0 Å². The van der Waals surface area contributed by atoms with E-state index in [-0.39, 0.29) is 17.4 Å². The summed E-state index contributed by atoms with van der Waals surface area (Å²) < 4.78 is 4.77. The van der Waals surface area contributed by atoms with Crippen molar-refractivity contribution in [2.24, 2.45) is 17.6 Å². The minimum absolute atomic E-state index is 0.130. The predicted molar refractivity (Wildman–Crippen MR) is 65.0 cm³/mol. The number of carbonyl (C=O) groups excluding carboxylic acids is 1. The maximum atomic E-state index is 11.4. The molecule has 1 atom stereocenters. The van der Waals surface area contributed by atoms with Gasteiger partial charge in [0.2, 0.25) is 0 Å². The molecule has 0 heterocycles. The molecule has 1 fully saturated rings. The van der Waals surface area contributed by atoms with Gasteiger partial charge in [-0.1, -0.05) is 32.1 Å². The van der Waals surface area contributed by atoms with E-state index in [0.29, 0.717) is 12.3 Å². The van der Waals surface area contributed by atoms with Gasteiger partial charge >= 0.3 is 5.97 Å². The van der Waals surface area contributed by atoms with Gasteiger partial charge in [0, 0.05) is 5.54 Å². The topological polar surface area (TPSA) is 52.3 Å². The molecular weight excluding hydrogens is 202 g/mol. The Balaban J connectivity index is 2.66. The van der Waals surface area contributed by atoms with E-state index in [2.05, 4.69) is 0 Å². The van der Waals surface area contributed by atoms with Crippen LogP contribution < -0.4 is 5.73 Å². The molecule has 0 aliphatic heterocycles. The normalized spacial score (nSPS) is 20.5. The molecule has 16 heavy (non-hydrogen) atoms. The Morgan fingerprint density at radius 3 is 2.38 bits per heavy atom. The molecule has 0 aromatic heterocycles. The van der Waals surface area contributed by atoms with Crippen LogP contribution in [0.25, 0.3) is 0 Å². The molecule has 0 aromatic carbocycles. The summed E-state index contributed by atoms with van der Waals surface area (Å²) in [7, 11) is 1.45. The highest BCUT2D eigenvalue weighted by molar-refractivity contribution is 5.69.